The molecule has 1 N–H and O–H groups in total. The van der Waals surface area contributed by atoms with E-state index in [4.69, 9.17) is 0 Å². The number of nitrogens with zero attached hydrogens (tertiary/aromatic N) is 1. The molecule has 1 heterocycles. The molecule has 0 aromatic heterocycles. The van der Waals surface area contributed by atoms with Crippen LogP contribution in [0.2, 0.25) is 0 Å². The lowest BCUT2D eigenvalue weighted by Gasteiger charge is -2.35. The van der Waals surface area contributed by atoms with Crippen molar-refractivity contribution in [3.05, 3.63) is 65.2 Å². The first kappa shape index (κ1) is 13.7. The van der Waals surface area contributed by atoms with Crippen LogP contribution in [0.4, 0.5) is 10.5 Å². The maximum absolute atomic E-state index is 12.3. The van der Waals surface area contributed by atoms with Gasteiger partial charge in [0.25, 0.3) is 0 Å². The van der Waals surface area contributed by atoms with Crippen molar-refractivity contribution in [2.24, 2.45) is 0 Å². The van der Waals surface area contributed by atoms with Gasteiger partial charge in [-0.15, -0.1) is 0 Å². The Labute approximate surface area is 125 Å². The second-order valence-electron chi connectivity index (χ2n) is 5.49. The van der Waals surface area contributed by atoms with E-state index in [2.05, 4.69) is 49.5 Å². The van der Waals surface area contributed by atoms with E-state index in [1.165, 1.54) is 11.1 Å². The zero-order chi connectivity index (χ0) is 14.8. The Morgan fingerprint density at radius 2 is 1.71 bits per heavy atom. The zero-order valence-corrected chi connectivity index (χ0v) is 12.5. The lowest BCUT2D eigenvalue weighted by atomic mass is 10.0. The van der Waals surface area contributed by atoms with Gasteiger partial charge in [0, 0.05) is 12.2 Å². The van der Waals surface area contributed by atoms with Crippen LogP contribution >= 0.6 is 0 Å². The summed E-state index contributed by atoms with van der Waals surface area (Å²) in [6, 6.07) is 16.5. The van der Waals surface area contributed by atoms with E-state index < -0.39 is 0 Å². The lowest BCUT2D eigenvalue weighted by molar-refractivity contribution is 0.186. The van der Waals surface area contributed by atoms with Crippen LogP contribution in [-0.2, 0) is 13.0 Å². The molecular weight excluding hydrogens is 260 g/mol. The number of anilines is 1. The highest BCUT2D eigenvalue weighted by Crippen LogP contribution is 2.33. The van der Waals surface area contributed by atoms with Gasteiger partial charge in [0.05, 0.1) is 6.04 Å². The monoisotopic (exact) mass is 280 g/mol. The molecule has 0 aliphatic carbocycles. The van der Waals surface area contributed by atoms with E-state index in [-0.39, 0.29) is 12.1 Å². The van der Waals surface area contributed by atoms with Gasteiger partial charge >= 0.3 is 6.03 Å². The minimum Gasteiger partial charge on any atom is -0.313 e. The number of benzene rings is 2. The molecule has 2 aromatic rings. The van der Waals surface area contributed by atoms with Gasteiger partial charge in [-0.05, 0) is 36.1 Å². The van der Waals surface area contributed by atoms with E-state index in [0.29, 0.717) is 6.54 Å². The summed E-state index contributed by atoms with van der Waals surface area (Å²) in [5.74, 6) is 0. The molecule has 1 unspecified atom stereocenters. The predicted molar refractivity (Wildman–Crippen MR) is 85.2 cm³/mol. The molecule has 3 rings (SSSR count). The maximum atomic E-state index is 12.3. The zero-order valence-electron chi connectivity index (χ0n) is 12.5. The second kappa shape index (κ2) is 5.60. The molecule has 108 valence electrons. The molecule has 0 spiro atoms. The van der Waals surface area contributed by atoms with Gasteiger partial charge < -0.3 is 10.2 Å². The van der Waals surface area contributed by atoms with Crippen LogP contribution in [0.25, 0.3) is 0 Å². The SMILES string of the molecule is CCc1ccc(CN2C(=O)Nc3ccccc3C2C)cc1. The fourth-order valence-corrected chi connectivity index (χ4v) is 2.79. The Balaban J connectivity index is 1.83. The number of urea groups is 1. The Morgan fingerprint density at radius 1 is 1.05 bits per heavy atom. The third-order valence-corrected chi connectivity index (χ3v) is 4.16. The number of carbonyl (C=O) groups excluding carboxylic acids is 1. The van der Waals surface area contributed by atoms with Crippen molar-refractivity contribution >= 4 is 11.7 Å². The largest absolute Gasteiger partial charge is 0.322 e. The molecule has 3 heteroatoms. The average Bonchev–Trinajstić information content (AvgIpc) is 2.52. The summed E-state index contributed by atoms with van der Waals surface area (Å²) in [6.45, 7) is 4.86. The van der Waals surface area contributed by atoms with Crippen LogP contribution < -0.4 is 5.32 Å². The topological polar surface area (TPSA) is 32.3 Å². The fraction of sp³-hybridized carbons (Fsp3) is 0.278. The first-order chi connectivity index (χ1) is 10.2. The highest BCUT2D eigenvalue weighted by molar-refractivity contribution is 5.92. The highest BCUT2D eigenvalue weighted by Gasteiger charge is 2.28. The van der Waals surface area contributed by atoms with Gasteiger partial charge in [-0.2, -0.15) is 0 Å². The van der Waals surface area contributed by atoms with Crippen LogP contribution in [0.15, 0.2) is 48.5 Å². The number of para-hydroxylation sites is 1. The van der Waals surface area contributed by atoms with Crippen molar-refractivity contribution in [2.75, 3.05) is 5.32 Å². The van der Waals surface area contributed by atoms with Gasteiger partial charge in [0.1, 0.15) is 0 Å². The summed E-state index contributed by atoms with van der Waals surface area (Å²) in [7, 11) is 0. The van der Waals surface area contributed by atoms with E-state index in [0.717, 1.165) is 17.7 Å². The quantitative estimate of drug-likeness (QED) is 0.890. The molecule has 1 aliphatic rings. The van der Waals surface area contributed by atoms with Crippen LogP contribution in [-0.4, -0.2) is 10.9 Å². The third-order valence-electron chi connectivity index (χ3n) is 4.16. The van der Waals surface area contributed by atoms with Crippen LogP contribution in [0.1, 0.15) is 36.6 Å². The van der Waals surface area contributed by atoms with Crippen molar-refractivity contribution in [1.82, 2.24) is 4.90 Å². The molecular formula is C18H20N2O. The normalized spacial score (nSPS) is 17.3. The van der Waals surface area contributed by atoms with Gasteiger partial charge in [0.2, 0.25) is 0 Å². The molecule has 0 bridgehead atoms. The van der Waals surface area contributed by atoms with E-state index in [9.17, 15) is 4.79 Å². The summed E-state index contributed by atoms with van der Waals surface area (Å²) >= 11 is 0. The van der Waals surface area contributed by atoms with Crippen molar-refractivity contribution in [2.45, 2.75) is 32.9 Å². The second-order valence-corrected chi connectivity index (χ2v) is 5.49. The van der Waals surface area contributed by atoms with Crippen LogP contribution in [0.3, 0.4) is 0 Å². The average molecular weight is 280 g/mol. The number of rotatable bonds is 3. The molecule has 21 heavy (non-hydrogen) atoms. The standard InChI is InChI=1S/C18H20N2O/c1-3-14-8-10-15(11-9-14)12-20-13(2)16-6-4-5-7-17(16)19-18(20)21/h4-11,13H,3,12H2,1-2H3,(H,19,21). The molecule has 0 saturated carbocycles. The van der Waals surface area contributed by atoms with Gasteiger partial charge in [-0.1, -0.05) is 49.4 Å². The molecule has 3 nitrogen and oxygen atoms in total. The Hall–Kier alpha value is -2.29. The number of amides is 2. The lowest BCUT2D eigenvalue weighted by Crippen LogP contribution is -2.40. The van der Waals surface area contributed by atoms with Crippen molar-refractivity contribution < 1.29 is 4.79 Å². The number of hydrogen-bond donors (Lipinski definition) is 1. The maximum Gasteiger partial charge on any atom is 0.322 e. The first-order valence-electron chi connectivity index (χ1n) is 7.43. The van der Waals surface area contributed by atoms with Crippen molar-refractivity contribution in [3.8, 4) is 0 Å². The summed E-state index contributed by atoms with van der Waals surface area (Å²) in [5, 5.41) is 2.97. The van der Waals surface area contributed by atoms with Gasteiger partial charge in [-0.3, -0.25) is 0 Å². The Bertz CT molecular complexity index is 649. The molecule has 2 aromatic carbocycles. The summed E-state index contributed by atoms with van der Waals surface area (Å²) < 4.78 is 0. The summed E-state index contributed by atoms with van der Waals surface area (Å²) in [6.07, 6.45) is 1.04. The smallest absolute Gasteiger partial charge is 0.313 e. The van der Waals surface area contributed by atoms with Crippen molar-refractivity contribution in [1.29, 1.82) is 0 Å². The number of nitrogens with one attached hydrogen (secondary N) is 1. The molecule has 1 atom stereocenters. The fourth-order valence-electron chi connectivity index (χ4n) is 2.79. The van der Waals surface area contributed by atoms with Gasteiger partial charge in [-0.25, -0.2) is 4.79 Å². The molecule has 0 saturated heterocycles. The van der Waals surface area contributed by atoms with Crippen LogP contribution in [0, 0.1) is 0 Å². The number of aryl methyl sites for hydroxylation is 1. The Morgan fingerprint density at radius 3 is 2.43 bits per heavy atom. The third kappa shape index (κ3) is 2.64. The van der Waals surface area contributed by atoms with Crippen LogP contribution in [0.5, 0.6) is 0 Å². The Kier molecular flexibility index (Phi) is 3.65. The number of fused-ring (bicyclic) bond motifs is 1. The highest BCUT2D eigenvalue weighted by atomic mass is 16.2. The van der Waals surface area contributed by atoms with Crippen molar-refractivity contribution in [3.63, 3.8) is 0 Å². The summed E-state index contributed by atoms with van der Waals surface area (Å²) in [5.41, 5.74) is 4.57. The molecule has 1 aliphatic heterocycles. The summed E-state index contributed by atoms with van der Waals surface area (Å²) in [4.78, 5) is 14.2. The first-order valence-corrected chi connectivity index (χ1v) is 7.43. The van der Waals surface area contributed by atoms with E-state index >= 15 is 0 Å². The molecule has 0 fully saturated rings. The predicted octanol–water partition coefficient (Wildman–Crippen LogP) is 4.36. The molecule has 0 radical (unpaired) electrons. The van der Waals surface area contributed by atoms with Gasteiger partial charge in [0.15, 0.2) is 0 Å². The van der Waals surface area contributed by atoms with E-state index in [1.54, 1.807) is 0 Å². The molecule has 2 amide bonds. The number of carbonyl (C=O) groups is 1. The minimum atomic E-state index is -0.0271. The minimum absolute atomic E-state index is 0.0271. The number of hydrogen-bond acceptors (Lipinski definition) is 1. The van der Waals surface area contributed by atoms with E-state index in [1.807, 2.05) is 23.1 Å².